The fraction of sp³-hybridized carbons (Fsp3) is 0.294. The van der Waals surface area contributed by atoms with Crippen molar-refractivity contribution in [3.8, 4) is 11.3 Å². The van der Waals surface area contributed by atoms with Crippen molar-refractivity contribution in [1.29, 1.82) is 0 Å². The van der Waals surface area contributed by atoms with E-state index in [1.165, 1.54) is 22.4 Å². The van der Waals surface area contributed by atoms with Gasteiger partial charge in [-0.25, -0.2) is 4.57 Å². The van der Waals surface area contributed by atoms with Gasteiger partial charge >= 0.3 is 0 Å². The second kappa shape index (κ2) is 4.02. The molecule has 0 saturated heterocycles. The molecule has 1 aromatic heterocycles. The lowest BCUT2D eigenvalue weighted by molar-refractivity contribution is -0.664. The van der Waals surface area contributed by atoms with Crippen LogP contribution in [-0.4, -0.2) is 4.98 Å². The maximum Gasteiger partial charge on any atom is 0.287 e. The minimum atomic E-state index is 0.0406. The van der Waals surface area contributed by atoms with Crippen LogP contribution in [0.1, 0.15) is 30.7 Å². The number of aryl methyl sites for hydroxylation is 2. The van der Waals surface area contributed by atoms with E-state index in [0.29, 0.717) is 0 Å². The van der Waals surface area contributed by atoms with E-state index < -0.39 is 0 Å². The molecule has 1 aliphatic rings. The topological polar surface area (TPSA) is 16.8 Å². The summed E-state index contributed by atoms with van der Waals surface area (Å²) in [7, 11) is 2.07. The Balaban J connectivity index is 2.36. The molecule has 1 aliphatic carbocycles. The van der Waals surface area contributed by atoms with Gasteiger partial charge in [-0.05, 0) is 23.5 Å². The number of benzene rings is 1. The predicted octanol–water partition coefficient (Wildman–Crippen LogP) is 3.19. The highest BCUT2D eigenvalue weighted by Gasteiger charge is 2.35. The molecular weight excluding hydrogens is 232 g/mol. The Morgan fingerprint density at radius 1 is 1.16 bits per heavy atom. The van der Waals surface area contributed by atoms with Crippen LogP contribution in [0.5, 0.6) is 0 Å². The zero-order valence-electron chi connectivity index (χ0n) is 11.9. The van der Waals surface area contributed by atoms with E-state index in [4.69, 9.17) is 0 Å². The average molecular weight is 251 g/mol. The van der Waals surface area contributed by atoms with Crippen LogP contribution in [0.4, 0.5) is 0 Å². The first-order valence-corrected chi connectivity index (χ1v) is 6.65. The van der Waals surface area contributed by atoms with Gasteiger partial charge in [0, 0.05) is 11.0 Å². The summed E-state index contributed by atoms with van der Waals surface area (Å²) in [5, 5.41) is 0. The van der Waals surface area contributed by atoms with Crippen molar-refractivity contribution < 1.29 is 4.57 Å². The second-order valence-electron chi connectivity index (χ2n) is 5.83. The fourth-order valence-electron chi connectivity index (χ4n) is 2.86. The lowest BCUT2D eigenvalue weighted by Crippen LogP contribution is -2.35. The first kappa shape index (κ1) is 12.1. The molecule has 19 heavy (non-hydrogen) atoms. The van der Waals surface area contributed by atoms with Gasteiger partial charge in [0.15, 0.2) is 5.69 Å². The van der Waals surface area contributed by atoms with Gasteiger partial charge in [0.2, 0.25) is 0 Å². The first-order chi connectivity index (χ1) is 9.00. The van der Waals surface area contributed by atoms with Gasteiger partial charge in [-0.2, -0.15) is 0 Å². The molecule has 2 aromatic rings. The van der Waals surface area contributed by atoms with Gasteiger partial charge in [0.25, 0.3) is 6.33 Å². The van der Waals surface area contributed by atoms with Crippen molar-refractivity contribution in [3.05, 3.63) is 53.5 Å². The highest BCUT2D eigenvalue weighted by molar-refractivity contribution is 5.73. The molecule has 3 rings (SSSR count). The molecule has 0 radical (unpaired) electrons. The highest BCUT2D eigenvalue weighted by atomic mass is 15.0. The molecule has 1 heterocycles. The second-order valence-corrected chi connectivity index (χ2v) is 5.83. The van der Waals surface area contributed by atoms with Crippen LogP contribution in [0.2, 0.25) is 0 Å². The zero-order valence-corrected chi connectivity index (χ0v) is 11.9. The smallest absolute Gasteiger partial charge is 0.232 e. The molecule has 2 nitrogen and oxygen atoms in total. The van der Waals surface area contributed by atoms with E-state index in [-0.39, 0.29) is 5.41 Å². The Labute approximate surface area is 114 Å². The van der Waals surface area contributed by atoms with Crippen LogP contribution in [0, 0.1) is 6.92 Å². The summed E-state index contributed by atoms with van der Waals surface area (Å²) < 4.78 is 2.13. The van der Waals surface area contributed by atoms with E-state index in [9.17, 15) is 0 Å². The number of hydrogen-bond acceptors (Lipinski definition) is 1. The number of fused-ring (bicyclic) bond motifs is 1. The summed E-state index contributed by atoms with van der Waals surface area (Å²) in [5.74, 6) is 0. The SMILES string of the molecule is Cc1ccccc1-c1c2c(nc[n+]1C)C=CC2(C)C. The number of allylic oxidation sites excluding steroid dienone is 1. The molecule has 2 heteroatoms. The van der Waals surface area contributed by atoms with E-state index >= 15 is 0 Å². The predicted molar refractivity (Wildman–Crippen MR) is 77.6 cm³/mol. The van der Waals surface area contributed by atoms with Crippen LogP contribution in [0.3, 0.4) is 0 Å². The van der Waals surface area contributed by atoms with Gasteiger partial charge in [0.05, 0.1) is 12.6 Å². The molecule has 0 atom stereocenters. The molecule has 1 aromatic carbocycles. The van der Waals surface area contributed by atoms with Gasteiger partial charge in [0.1, 0.15) is 5.69 Å². The van der Waals surface area contributed by atoms with Crippen molar-refractivity contribution in [3.63, 3.8) is 0 Å². The van der Waals surface area contributed by atoms with E-state index in [1.807, 2.05) is 6.33 Å². The van der Waals surface area contributed by atoms with E-state index in [1.54, 1.807) is 0 Å². The Morgan fingerprint density at radius 2 is 1.89 bits per heavy atom. The van der Waals surface area contributed by atoms with Crippen LogP contribution < -0.4 is 4.57 Å². The molecule has 0 fully saturated rings. The Kier molecular flexibility index (Phi) is 2.56. The minimum Gasteiger partial charge on any atom is -0.232 e. The van der Waals surface area contributed by atoms with Gasteiger partial charge in [-0.3, -0.25) is 0 Å². The molecule has 96 valence electrons. The average Bonchev–Trinajstić information content (AvgIpc) is 2.67. The quantitative estimate of drug-likeness (QED) is 0.711. The summed E-state index contributed by atoms with van der Waals surface area (Å²) in [6.07, 6.45) is 6.29. The molecule has 0 saturated carbocycles. The third kappa shape index (κ3) is 1.79. The molecule has 0 unspecified atom stereocenters. The normalized spacial score (nSPS) is 15.6. The fourth-order valence-corrected chi connectivity index (χ4v) is 2.86. The maximum absolute atomic E-state index is 4.55. The molecule has 0 aliphatic heterocycles. The summed E-state index contributed by atoms with van der Waals surface area (Å²) in [5.41, 5.74) is 6.33. The summed E-state index contributed by atoms with van der Waals surface area (Å²) in [6.45, 7) is 6.66. The first-order valence-electron chi connectivity index (χ1n) is 6.65. The van der Waals surface area contributed by atoms with Gasteiger partial charge in [-0.15, -0.1) is 0 Å². The Bertz CT molecular complexity index is 682. The molecule has 0 bridgehead atoms. The molecule has 0 N–H and O–H groups in total. The molecule has 0 spiro atoms. The van der Waals surface area contributed by atoms with E-state index in [2.05, 4.69) is 73.8 Å². The zero-order chi connectivity index (χ0) is 13.6. The third-order valence-electron chi connectivity index (χ3n) is 3.92. The number of aromatic nitrogens is 2. The highest BCUT2D eigenvalue weighted by Crippen LogP contribution is 2.39. The van der Waals surface area contributed by atoms with Crippen LogP contribution >= 0.6 is 0 Å². The van der Waals surface area contributed by atoms with Crippen molar-refractivity contribution in [2.24, 2.45) is 7.05 Å². The van der Waals surface area contributed by atoms with Crippen LogP contribution in [0.25, 0.3) is 17.3 Å². The lowest BCUT2D eigenvalue weighted by atomic mass is 9.84. The Hall–Kier alpha value is -1.96. The van der Waals surface area contributed by atoms with Crippen molar-refractivity contribution >= 4 is 6.08 Å². The minimum absolute atomic E-state index is 0.0406. The van der Waals surface area contributed by atoms with Crippen LogP contribution in [-0.2, 0) is 12.5 Å². The lowest BCUT2D eigenvalue weighted by Gasteiger charge is -2.20. The summed E-state index contributed by atoms with van der Waals surface area (Å²) in [6, 6.07) is 8.55. The molecule has 0 amide bonds. The monoisotopic (exact) mass is 251 g/mol. The van der Waals surface area contributed by atoms with Gasteiger partial charge < -0.3 is 0 Å². The summed E-state index contributed by atoms with van der Waals surface area (Å²) >= 11 is 0. The third-order valence-corrected chi connectivity index (χ3v) is 3.92. The number of nitrogens with zero attached hydrogens (tertiary/aromatic N) is 2. The van der Waals surface area contributed by atoms with Crippen molar-refractivity contribution in [1.82, 2.24) is 4.98 Å². The number of rotatable bonds is 1. The maximum atomic E-state index is 4.55. The van der Waals surface area contributed by atoms with Crippen LogP contribution in [0.15, 0.2) is 36.7 Å². The number of hydrogen-bond donors (Lipinski definition) is 0. The largest absolute Gasteiger partial charge is 0.287 e. The van der Waals surface area contributed by atoms with Gasteiger partial charge in [-0.1, -0.05) is 44.2 Å². The van der Waals surface area contributed by atoms with Crippen molar-refractivity contribution in [2.75, 3.05) is 0 Å². The molecular formula is C17H19N2+. The Morgan fingerprint density at radius 3 is 2.63 bits per heavy atom. The van der Waals surface area contributed by atoms with E-state index in [0.717, 1.165) is 5.69 Å². The van der Waals surface area contributed by atoms with Crippen molar-refractivity contribution in [2.45, 2.75) is 26.2 Å². The summed E-state index contributed by atoms with van der Waals surface area (Å²) in [4.78, 5) is 4.55. The standard InChI is InChI=1S/C17H19N2/c1-12-7-5-6-8-13(12)16-15-14(18-11-19(16)4)9-10-17(15,2)3/h5-11H,1-4H3/q+1.